The van der Waals surface area contributed by atoms with E-state index in [1.165, 1.54) is 28.3 Å². The van der Waals surface area contributed by atoms with Crippen molar-refractivity contribution in [3.05, 3.63) is 76.6 Å². The summed E-state index contributed by atoms with van der Waals surface area (Å²) in [5.74, 6) is 1.22. The van der Waals surface area contributed by atoms with Gasteiger partial charge in [-0.25, -0.2) is 4.98 Å². The normalized spacial score (nSPS) is 15.6. The van der Waals surface area contributed by atoms with Crippen LogP contribution in [-0.4, -0.2) is 30.1 Å². The number of nitrogens with zero attached hydrogens (tertiary/aromatic N) is 2. The van der Waals surface area contributed by atoms with Crippen LogP contribution in [-0.2, 0) is 6.42 Å². The molecule has 1 aliphatic rings. The number of nitrogens with one attached hydrogen (secondary N) is 2. The van der Waals surface area contributed by atoms with Gasteiger partial charge in [-0.2, -0.15) is 0 Å². The van der Waals surface area contributed by atoms with Crippen LogP contribution in [0.25, 0.3) is 0 Å². The number of hydrogen-bond donors (Lipinski definition) is 2. The van der Waals surface area contributed by atoms with E-state index < -0.39 is 0 Å². The fraction of sp³-hybridized carbons (Fsp3) is 0.370. The molecule has 0 spiro atoms. The molecule has 3 aromatic rings. The van der Waals surface area contributed by atoms with Gasteiger partial charge in [-0.1, -0.05) is 30.3 Å². The van der Waals surface area contributed by atoms with Crippen molar-refractivity contribution in [2.24, 2.45) is 0 Å². The number of aromatic nitrogens is 1. The average Bonchev–Trinajstić information content (AvgIpc) is 3.26. The molecule has 1 unspecified atom stereocenters. The van der Waals surface area contributed by atoms with Crippen LogP contribution < -0.4 is 15.4 Å². The number of benzene rings is 2. The predicted octanol–water partition coefficient (Wildman–Crippen LogP) is 6.98. The Hall–Kier alpha value is -2.99. The topological polar surface area (TPSA) is 49.4 Å². The maximum absolute atomic E-state index is 5.93. The quantitative estimate of drug-likeness (QED) is 0.359. The van der Waals surface area contributed by atoms with Gasteiger partial charge in [0.15, 0.2) is 5.13 Å². The number of aryl methyl sites for hydroxylation is 1. The van der Waals surface area contributed by atoms with Crippen LogP contribution in [0.4, 0.5) is 16.5 Å². The number of allylic oxidation sites excluding steroid dienone is 1. The van der Waals surface area contributed by atoms with E-state index in [4.69, 9.17) is 9.72 Å². The van der Waals surface area contributed by atoms with Crippen molar-refractivity contribution < 1.29 is 4.74 Å². The first-order chi connectivity index (χ1) is 16.1. The molecule has 1 heterocycles. The molecule has 6 heteroatoms. The van der Waals surface area contributed by atoms with E-state index in [0.717, 1.165) is 41.6 Å². The summed E-state index contributed by atoms with van der Waals surface area (Å²) >= 11 is 1.78. The molecule has 2 N–H and O–H groups in total. The highest BCUT2D eigenvalue weighted by molar-refractivity contribution is 7.15. The SMILES string of the molecule is CCOc1cc(Nc2nc3c(s2)CCCC3c2ccccc2)ccc1N/C=C(/C)N(C)CC. The second-order valence-corrected chi connectivity index (χ2v) is 9.48. The van der Waals surface area contributed by atoms with Crippen molar-refractivity contribution in [3.63, 3.8) is 0 Å². The van der Waals surface area contributed by atoms with Gasteiger partial charge >= 0.3 is 0 Å². The largest absolute Gasteiger partial charge is 0.492 e. The standard InChI is InChI=1S/C27H34N4OS/c1-5-31(4)19(3)18-28-23-16-15-21(17-24(23)32-6-2)29-27-30-26-22(13-10-14-25(26)33-27)20-11-8-7-9-12-20/h7-9,11-12,15-18,22,28H,5-6,10,13-14H2,1-4H3,(H,29,30)/b19-18-. The van der Waals surface area contributed by atoms with Crippen LogP contribution in [0.15, 0.2) is 60.4 Å². The summed E-state index contributed by atoms with van der Waals surface area (Å²) in [7, 11) is 2.08. The Labute approximate surface area is 201 Å². The Kier molecular flexibility index (Phi) is 7.55. The van der Waals surface area contributed by atoms with E-state index in [1.54, 1.807) is 11.3 Å². The van der Waals surface area contributed by atoms with Gasteiger partial charge in [0.25, 0.3) is 0 Å². The Morgan fingerprint density at radius 1 is 1.21 bits per heavy atom. The maximum Gasteiger partial charge on any atom is 0.187 e. The Morgan fingerprint density at radius 3 is 2.79 bits per heavy atom. The highest BCUT2D eigenvalue weighted by Gasteiger charge is 2.26. The van der Waals surface area contributed by atoms with E-state index in [1.807, 2.05) is 19.2 Å². The minimum Gasteiger partial charge on any atom is -0.492 e. The number of hydrogen-bond acceptors (Lipinski definition) is 6. The lowest BCUT2D eigenvalue weighted by Gasteiger charge is -2.21. The number of thiazole rings is 1. The van der Waals surface area contributed by atoms with Gasteiger partial charge in [-0.05, 0) is 57.7 Å². The van der Waals surface area contributed by atoms with Crippen molar-refractivity contribution in [3.8, 4) is 5.75 Å². The van der Waals surface area contributed by atoms with Crippen LogP contribution in [0.1, 0.15) is 55.7 Å². The van der Waals surface area contributed by atoms with E-state index in [2.05, 4.69) is 78.9 Å². The highest BCUT2D eigenvalue weighted by atomic mass is 32.1. The van der Waals surface area contributed by atoms with Crippen molar-refractivity contribution in [2.75, 3.05) is 30.8 Å². The molecule has 2 aromatic carbocycles. The molecule has 0 bridgehead atoms. The highest BCUT2D eigenvalue weighted by Crippen LogP contribution is 2.41. The predicted molar refractivity (Wildman–Crippen MR) is 140 cm³/mol. The number of anilines is 3. The minimum absolute atomic E-state index is 0.392. The summed E-state index contributed by atoms with van der Waals surface area (Å²) < 4.78 is 5.93. The van der Waals surface area contributed by atoms with Crippen molar-refractivity contribution in [1.82, 2.24) is 9.88 Å². The third-order valence-corrected chi connectivity index (χ3v) is 7.25. The molecule has 0 aliphatic heterocycles. The molecular weight excluding hydrogens is 428 g/mol. The van der Waals surface area contributed by atoms with Gasteiger partial charge in [0.2, 0.25) is 0 Å². The van der Waals surface area contributed by atoms with Crippen LogP contribution in [0.3, 0.4) is 0 Å². The van der Waals surface area contributed by atoms with Gasteiger partial charge < -0.3 is 20.3 Å². The molecule has 4 rings (SSSR count). The fourth-order valence-electron chi connectivity index (χ4n) is 4.14. The van der Waals surface area contributed by atoms with Crippen LogP contribution in [0.5, 0.6) is 5.75 Å². The van der Waals surface area contributed by atoms with Gasteiger partial charge in [0, 0.05) is 48.0 Å². The summed E-state index contributed by atoms with van der Waals surface area (Å²) in [5.41, 5.74) is 5.71. The molecular formula is C27H34N4OS. The van der Waals surface area contributed by atoms with Crippen molar-refractivity contribution in [2.45, 2.75) is 46.0 Å². The molecule has 5 nitrogen and oxygen atoms in total. The van der Waals surface area contributed by atoms with Gasteiger partial charge in [0.05, 0.1) is 18.0 Å². The molecule has 0 saturated heterocycles. The second kappa shape index (κ2) is 10.8. The lowest BCUT2D eigenvalue weighted by molar-refractivity contribution is 0.342. The van der Waals surface area contributed by atoms with E-state index >= 15 is 0 Å². The fourth-order valence-corrected chi connectivity index (χ4v) is 5.23. The molecule has 1 atom stereocenters. The molecule has 0 amide bonds. The summed E-state index contributed by atoms with van der Waals surface area (Å²) in [6, 6.07) is 17.0. The Balaban J connectivity index is 1.54. The van der Waals surface area contributed by atoms with E-state index in [-0.39, 0.29) is 0 Å². The average molecular weight is 463 g/mol. The second-order valence-electron chi connectivity index (χ2n) is 8.40. The Morgan fingerprint density at radius 2 is 2.03 bits per heavy atom. The molecule has 0 fully saturated rings. The van der Waals surface area contributed by atoms with E-state index in [0.29, 0.717) is 12.5 Å². The molecule has 1 aromatic heterocycles. The summed E-state index contributed by atoms with van der Waals surface area (Å²) in [6.07, 6.45) is 5.51. The zero-order chi connectivity index (χ0) is 23.2. The molecule has 1 aliphatic carbocycles. The minimum atomic E-state index is 0.392. The summed E-state index contributed by atoms with van der Waals surface area (Å²) in [4.78, 5) is 8.62. The first-order valence-electron chi connectivity index (χ1n) is 11.8. The summed E-state index contributed by atoms with van der Waals surface area (Å²) in [5, 5.41) is 7.88. The lowest BCUT2D eigenvalue weighted by Crippen LogP contribution is -2.15. The van der Waals surface area contributed by atoms with Crippen LogP contribution in [0, 0.1) is 0 Å². The van der Waals surface area contributed by atoms with E-state index in [9.17, 15) is 0 Å². The number of fused-ring (bicyclic) bond motifs is 1. The number of rotatable bonds is 9. The zero-order valence-electron chi connectivity index (χ0n) is 20.0. The third kappa shape index (κ3) is 5.50. The van der Waals surface area contributed by atoms with Crippen molar-refractivity contribution in [1.29, 1.82) is 0 Å². The maximum atomic E-state index is 5.93. The molecule has 0 saturated carbocycles. The first kappa shape index (κ1) is 23.2. The molecule has 174 valence electrons. The Bertz CT molecular complexity index is 1090. The lowest BCUT2D eigenvalue weighted by atomic mass is 9.85. The third-order valence-electron chi connectivity index (χ3n) is 6.20. The summed E-state index contributed by atoms with van der Waals surface area (Å²) in [6.45, 7) is 7.82. The van der Waals surface area contributed by atoms with Gasteiger partial charge in [0.1, 0.15) is 5.75 Å². The van der Waals surface area contributed by atoms with Crippen molar-refractivity contribution >= 4 is 27.8 Å². The van der Waals surface area contributed by atoms with Crippen LogP contribution in [0.2, 0.25) is 0 Å². The van der Waals surface area contributed by atoms with Gasteiger partial charge in [-0.3, -0.25) is 0 Å². The number of ether oxygens (including phenoxy) is 1. The first-order valence-corrected chi connectivity index (χ1v) is 12.6. The van der Waals surface area contributed by atoms with Gasteiger partial charge in [-0.15, -0.1) is 11.3 Å². The monoisotopic (exact) mass is 462 g/mol. The molecule has 33 heavy (non-hydrogen) atoms. The molecule has 0 radical (unpaired) electrons. The smallest absolute Gasteiger partial charge is 0.187 e. The van der Waals surface area contributed by atoms with Crippen LogP contribution >= 0.6 is 11.3 Å². The zero-order valence-corrected chi connectivity index (χ0v) is 20.8.